The normalized spacial score (nSPS) is 22.1. The first-order valence-electron chi connectivity index (χ1n) is 9.09. The van der Waals surface area contributed by atoms with Gasteiger partial charge in [0.2, 0.25) is 5.91 Å². The minimum atomic E-state index is -0.0730. The summed E-state index contributed by atoms with van der Waals surface area (Å²) in [6.45, 7) is 2.86. The molecule has 0 aromatic heterocycles. The lowest BCUT2D eigenvalue weighted by atomic mass is 9.94. The van der Waals surface area contributed by atoms with Crippen LogP contribution in [0, 0.1) is 5.92 Å². The van der Waals surface area contributed by atoms with Gasteiger partial charge in [0.15, 0.2) is 0 Å². The van der Waals surface area contributed by atoms with Crippen LogP contribution in [0.3, 0.4) is 0 Å². The van der Waals surface area contributed by atoms with Crippen LogP contribution in [0.25, 0.3) is 0 Å². The molecule has 1 aromatic carbocycles. The molecule has 5 nitrogen and oxygen atoms in total. The van der Waals surface area contributed by atoms with Crippen molar-refractivity contribution in [3.63, 3.8) is 0 Å². The molecule has 1 aromatic rings. The number of hydrogen-bond donors (Lipinski definition) is 1. The van der Waals surface area contributed by atoms with Crippen molar-refractivity contribution in [3.8, 4) is 0 Å². The third-order valence-electron chi connectivity index (χ3n) is 5.36. The highest BCUT2D eigenvalue weighted by Gasteiger charge is 2.32. The van der Waals surface area contributed by atoms with E-state index in [4.69, 9.17) is 11.6 Å². The molecular weight excluding hydrogens is 338 g/mol. The maximum atomic E-state index is 12.8. The second-order valence-corrected chi connectivity index (χ2v) is 7.42. The lowest BCUT2D eigenvalue weighted by Crippen LogP contribution is -2.50. The Balaban J connectivity index is 1.60. The Kier molecular flexibility index (Phi) is 5.97. The Labute approximate surface area is 154 Å². The van der Waals surface area contributed by atoms with Crippen LogP contribution in [-0.4, -0.2) is 60.9 Å². The van der Waals surface area contributed by atoms with Crippen molar-refractivity contribution in [1.82, 2.24) is 15.1 Å². The predicted molar refractivity (Wildman–Crippen MR) is 98.7 cm³/mol. The van der Waals surface area contributed by atoms with Gasteiger partial charge in [0.25, 0.3) is 5.91 Å². The first kappa shape index (κ1) is 18.2. The first-order valence-corrected chi connectivity index (χ1v) is 9.47. The minimum Gasteiger partial charge on any atom is -0.342 e. The first-order chi connectivity index (χ1) is 12.1. The molecule has 6 heteroatoms. The van der Waals surface area contributed by atoms with Gasteiger partial charge in [0.05, 0.1) is 5.92 Å². The van der Waals surface area contributed by atoms with Gasteiger partial charge >= 0.3 is 0 Å². The van der Waals surface area contributed by atoms with Crippen molar-refractivity contribution in [1.29, 1.82) is 0 Å². The van der Waals surface area contributed by atoms with Crippen LogP contribution in [0.5, 0.6) is 0 Å². The van der Waals surface area contributed by atoms with Gasteiger partial charge in [-0.25, -0.2) is 0 Å². The third kappa shape index (κ3) is 4.33. The number of nitrogens with one attached hydrogen (secondary N) is 1. The zero-order valence-corrected chi connectivity index (χ0v) is 15.5. The van der Waals surface area contributed by atoms with E-state index in [1.54, 1.807) is 24.3 Å². The van der Waals surface area contributed by atoms with Crippen LogP contribution in [0.1, 0.15) is 36.0 Å². The van der Waals surface area contributed by atoms with E-state index >= 15 is 0 Å². The number of nitrogens with zero attached hydrogens (tertiary/aromatic N) is 2. The van der Waals surface area contributed by atoms with Crippen LogP contribution in [0.15, 0.2) is 24.3 Å². The van der Waals surface area contributed by atoms with Crippen LogP contribution in [-0.2, 0) is 4.79 Å². The average Bonchev–Trinajstić information content (AvgIpc) is 2.67. The number of hydrogen-bond acceptors (Lipinski definition) is 3. The quantitative estimate of drug-likeness (QED) is 0.897. The fourth-order valence-electron chi connectivity index (χ4n) is 3.78. The molecule has 2 saturated heterocycles. The standard InChI is InChI=1S/C19H26ClN3O2/c1-21-17-8-11-22(12-9-17)19(25)15-3-2-10-23(13-15)18(24)14-4-6-16(20)7-5-14/h4-7,15,17,21H,2-3,8-13H2,1H3. The lowest BCUT2D eigenvalue weighted by Gasteiger charge is -2.37. The maximum absolute atomic E-state index is 12.8. The SMILES string of the molecule is CNC1CCN(C(=O)C2CCCN(C(=O)c3ccc(Cl)cc3)C2)CC1. The molecule has 0 saturated carbocycles. The number of rotatable bonds is 3. The molecule has 2 amide bonds. The Morgan fingerprint density at radius 1 is 1.04 bits per heavy atom. The van der Waals surface area contributed by atoms with E-state index in [-0.39, 0.29) is 17.7 Å². The number of amides is 2. The predicted octanol–water partition coefficient (Wildman–Crippen LogP) is 2.40. The maximum Gasteiger partial charge on any atom is 0.253 e. The van der Waals surface area contributed by atoms with Crippen molar-refractivity contribution in [2.75, 3.05) is 33.2 Å². The summed E-state index contributed by atoms with van der Waals surface area (Å²) in [5.41, 5.74) is 0.632. The Hall–Kier alpha value is -1.59. The van der Waals surface area contributed by atoms with E-state index in [2.05, 4.69) is 5.32 Å². The fraction of sp³-hybridized carbons (Fsp3) is 0.579. The van der Waals surface area contributed by atoms with Crippen LogP contribution in [0.4, 0.5) is 0 Å². The molecule has 2 fully saturated rings. The monoisotopic (exact) mass is 363 g/mol. The van der Waals surface area contributed by atoms with Crippen molar-refractivity contribution in [3.05, 3.63) is 34.9 Å². The molecule has 2 aliphatic rings. The van der Waals surface area contributed by atoms with Gasteiger partial charge in [-0.2, -0.15) is 0 Å². The van der Waals surface area contributed by atoms with E-state index in [1.165, 1.54) is 0 Å². The van der Waals surface area contributed by atoms with Crippen LogP contribution < -0.4 is 5.32 Å². The molecule has 2 aliphatic heterocycles. The molecule has 1 atom stereocenters. The molecule has 1 N–H and O–H groups in total. The average molecular weight is 364 g/mol. The zero-order valence-electron chi connectivity index (χ0n) is 14.7. The van der Waals surface area contributed by atoms with Gasteiger partial charge in [0.1, 0.15) is 0 Å². The van der Waals surface area contributed by atoms with Crippen LogP contribution >= 0.6 is 11.6 Å². The molecule has 1 unspecified atom stereocenters. The largest absolute Gasteiger partial charge is 0.342 e. The zero-order chi connectivity index (χ0) is 17.8. The molecule has 0 bridgehead atoms. The van der Waals surface area contributed by atoms with E-state index in [0.717, 1.165) is 38.8 Å². The second-order valence-electron chi connectivity index (χ2n) is 6.99. The molecule has 2 heterocycles. The second kappa shape index (κ2) is 8.19. The smallest absolute Gasteiger partial charge is 0.253 e. The van der Waals surface area contributed by atoms with Crippen molar-refractivity contribution < 1.29 is 9.59 Å². The highest BCUT2D eigenvalue weighted by Crippen LogP contribution is 2.23. The fourth-order valence-corrected chi connectivity index (χ4v) is 3.91. The molecule has 25 heavy (non-hydrogen) atoms. The molecule has 3 rings (SSSR count). The number of carbonyl (C=O) groups excluding carboxylic acids is 2. The van der Waals surface area contributed by atoms with Gasteiger partial charge < -0.3 is 15.1 Å². The number of piperidine rings is 2. The highest BCUT2D eigenvalue weighted by molar-refractivity contribution is 6.30. The molecule has 0 aliphatic carbocycles. The summed E-state index contributed by atoms with van der Waals surface area (Å²) in [7, 11) is 1.98. The summed E-state index contributed by atoms with van der Waals surface area (Å²) < 4.78 is 0. The van der Waals surface area contributed by atoms with E-state index in [1.807, 2.05) is 16.8 Å². The van der Waals surface area contributed by atoms with Gasteiger partial charge in [-0.05, 0) is 57.0 Å². The van der Waals surface area contributed by atoms with Gasteiger partial charge in [-0.15, -0.1) is 0 Å². The number of likely N-dealkylation sites (tertiary alicyclic amines) is 2. The van der Waals surface area contributed by atoms with E-state index < -0.39 is 0 Å². The summed E-state index contributed by atoms with van der Waals surface area (Å²) in [5, 5.41) is 3.91. The number of halogens is 1. The summed E-state index contributed by atoms with van der Waals surface area (Å²) in [6.07, 6.45) is 3.75. The highest BCUT2D eigenvalue weighted by atomic mass is 35.5. The van der Waals surface area contributed by atoms with Crippen molar-refractivity contribution in [2.24, 2.45) is 5.92 Å². The summed E-state index contributed by atoms with van der Waals surface area (Å²) >= 11 is 5.89. The van der Waals surface area contributed by atoms with Crippen molar-refractivity contribution in [2.45, 2.75) is 31.7 Å². The lowest BCUT2D eigenvalue weighted by molar-refractivity contribution is -0.138. The molecular formula is C19H26ClN3O2. The number of benzene rings is 1. The van der Waals surface area contributed by atoms with E-state index in [9.17, 15) is 9.59 Å². The van der Waals surface area contributed by atoms with Gasteiger partial charge in [-0.3, -0.25) is 9.59 Å². The Bertz CT molecular complexity index is 612. The Morgan fingerprint density at radius 2 is 1.72 bits per heavy atom. The molecule has 136 valence electrons. The third-order valence-corrected chi connectivity index (χ3v) is 5.62. The van der Waals surface area contributed by atoms with Crippen LogP contribution in [0.2, 0.25) is 5.02 Å². The van der Waals surface area contributed by atoms with E-state index in [0.29, 0.717) is 29.7 Å². The number of carbonyl (C=O) groups is 2. The minimum absolute atomic E-state index is 0.0111. The topological polar surface area (TPSA) is 52.7 Å². The molecule has 0 spiro atoms. The van der Waals surface area contributed by atoms with Gasteiger partial charge in [-0.1, -0.05) is 11.6 Å². The van der Waals surface area contributed by atoms with Gasteiger partial charge in [0, 0.05) is 42.8 Å². The summed E-state index contributed by atoms with van der Waals surface area (Å²) in [6, 6.07) is 7.47. The molecule has 0 radical (unpaired) electrons. The Morgan fingerprint density at radius 3 is 2.36 bits per heavy atom. The van der Waals surface area contributed by atoms with Crippen molar-refractivity contribution >= 4 is 23.4 Å². The summed E-state index contributed by atoms with van der Waals surface area (Å²) in [5.74, 6) is 0.127. The summed E-state index contributed by atoms with van der Waals surface area (Å²) in [4.78, 5) is 29.3.